The van der Waals surface area contributed by atoms with Crippen LogP contribution < -0.4 is 5.56 Å². The van der Waals surface area contributed by atoms with E-state index in [0.717, 1.165) is 20.8 Å². The van der Waals surface area contributed by atoms with Crippen molar-refractivity contribution in [3.05, 3.63) is 56.7 Å². The molecule has 0 aliphatic carbocycles. The molecule has 3 heterocycles. The van der Waals surface area contributed by atoms with E-state index in [1.54, 1.807) is 24.3 Å². The molecule has 1 atom stereocenters. The summed E-state index contributed by atoms with van der Waals surface area (Å²) in [5, 5.41) is 0.442. The molecule has 142 valence electrons. The molecular formula is C19H22N4O2S2. The lowest BCUT2D eigenvalue weighted by Gasteiger charge is -2.21. The van der Waals surface area contributed by atoms with Crippen molar-refractivity contribution in [2.45, 2.75) is 38.3 Å². The Balaban J connectivity index is 1.64. The van der Waals surface area contributed by atoms with Crippen molar-refractivity contribution in [1.29, 1.82) is 0 Å². The standard InChI is InChI=1S/C19H22N4O2S2/c1-11-12(2)27-18-16(11)17(24)21-15(22-18)10-26-13(3)19(25)23(4)9-14-5-7-20-8-6-14/h5-8,13H,9-10H2,1-4H3,(H,21,22,24). The number of carbonyl (C=O) groups excluding carboxylic acids is 1. The highest BCUT2D eigenvalue weighted by Gasteiger charge is 2.19. The molecule has 1 N–H and O–H groups in total. The lowest BCUT2D eigenvalue weighted by atomic mass is 10.2. The molecule has 3 aromatic heterocycles. The predicted octanol–water partition coefficient (Wildman–Crippen LogP) is 3.28. The Labute approximate surface area is 166 Å². The summed E-state index contributed by atoms with van der Waals surface area (Å²) in [7, 11) is 1.79. The number of H-pyrrole nitrogens is 1. The molecule has 0 fully saturated rings. The normalized spacial score (nSPS) is 12.3. The number of thioether (sulfide) groups is 1. The number of amides is 1. The topological polar surface area (TPSA) is 79.0 Å². The summed E-state index contributed by atoms with van der Waals surface area (Å²) in [5.74, 6) is 1.13. The van der Waals surface area contributed by atoms with E-state index in [1.807, 2.05) is 32.9 Å². The Morgan fingerprint density at radius 1 is 1.33 bits per heavy atom. The van der Waals surface area contributed by atoms with Crippen LogP contribution in [0.4, 0.5) is 0 Å². The smallest absolute Gasteiger partial charge is 0.259 e. The van der Waals surface area contributed by atoms with Gasteiger partial charge in [0, 0.05) is 30.9 Å². The number of rotatable bonds is 6. The first kappa shape index (κ1) is 19.6. The maximum atomic E-state index is 12.6. The van der Waals surface area contributed by atoms with E-state index in [2.05, 4.69) is 15.0 Å². The summed E-state index contributed by atoms with van der Waals surface area (Å²) in [5.41, 5.74) is 1.92. The van der Waals surface area contributed by atoms with Crippen LogP contribution in [0, 0.1) is 13.8 Å². The van der Waals surface area contributed by atoms with E-state index in [4.69, 9.17) is 0 Å². The molecule has 6 nitrogen and oxygen atoms in total. The van der Waals surface area contributed by atoms with E-state index < -0.39 is 0 Å². The average molecular weight is 403 g/mol. The Kier molecular flexibility index (Phi) is 5.96. The van der Waals surface area contributed by atoms with E-state index in [1.165, 1.54) is 23.1 Å². The zero-order valence-corrected chi connectivity index (χ0v) is 17.4. The van der Waals surface area contributed by atoms with Crippen molar-refractivity contribution in [1.82, 2.24) is 19.9 Å². The highest BCUT2D eigenvalue weighted by atomic mass is 32.2. The summed E-state index contributed by atoms with van der Waals surface area (Å²) in [6.07, 6.45) is 3.44. The third-order valence-electron chi connectivity index (χ3n) is 4.45. The second-order valence-corrected chi connectivity index (χ2v) is 9.01. The van der Waals surface area contributed by atoms with Gasteiger partial charge in [-0.1, -0.05) is 0 Å². The van der Waals surface area contributed by atoms with Gasteiger partial charge in [0.15, 0.2) is 0 Å². The second-order valence-electron chi connectivity index (χ2n) is 6.48. The number of nitrogens with one attached hydrogen (secondary N) is 1. The van der Waals surface area contributed by atoms with Crippen LogP contribution in [0.3, 0.4) is 0 Å². The van der Waals surface area contributed by atoms with Gasteiger partial charge in [-0.3, -0.25) is 14.6 Å². The molecule has 0 aliphatic rings. The lowest BCUT2D eigenvalue weighted by Crippen LogP contribution is -2.33. The predicted molar refractivity (Wildman–Crippen MR) is 111 cm³/mol. The molecular weight excluding hydrogens is 380 g/mol. The number of carbonyl (C=O) groups is 1. The molecule has 1 amide bonds. The summed E-state index contributed by atoms with van der Waals surface area (Å²) in [6.45, 7) is 6.36. The summed E-state index contributed by atoms with van der Waals surface area (Å²) in [4.78, 5) is 39.9. The summed E-state index contributed by atoms with van der Waals surface area (Å²) < 4.78 is 0. The Bertz CT molecular complexity index is 1010. The maximum absolute atomic E-state index is 12.6. The van der Waals surface area contributed by atoms with Crippen molar-refractivity contribution in [3.8, 4) is 0 Å². The SMILES string of the molecule is Cc1sc2nc(CSC(C)C(=O)N(C)Cc3ccncc3)[nH]c(=O)c2c1C. The zero-order valence-electron chi connectivity index (χ0n) is 15.8. The van der Waals surface area contributed by atoms with Crippen molar-refractivity contribution < 1.29 is 4.79 Å². The maximum Gasteiger partial charge on any atom is 0.259 e. The number of thiophene rings is 1. The monoisotopic (exact) mass is 402 g/mol. The van der Waals surface area contributed by atoms with Gasteiger partial charge in [0.05, 0.1) is 16.4 Å². The van der Waals surface area contributed by atoms with Gasteiger partial charge < -0.3 is 9.88 Å². The highest BCUT2D eigenvalue weighted by molar-refractivity contribution is 7.99. The fourth-order valence-corrected chi connectivity index (χ4v) is 4.71. The minimum Gasteiger partial charge on any atom is -0.340 e. The van der Waals surface area contributed by atoms with Crippen LogP contribution in [-0.4, -0.2) is 38.1 Å². The first-order chi connectivity index (χ1) is 12.9. The number of fused-ring (bicyclic) bond motifs is 1. The van der Waals surface area contributed by atoms with Crippen LogP contribution in [0.15, 0.2) is 29.3 Å². The molecule has 0 bridgehead atoms. The number of hydrogen-bond donors (Lipinski definition) is 1. The van der Waals surface area contributed by atoms with Gasteiger partial charge >= 0.3 is 0 Å². The molecule has 27 heavy (non-hydrogen) atoms. The highest BCUT2D eigenvalue weighted by Crippen LogP contribution is 2.26. The largest absolute Gasteiger partial charge is 0.340 e. The molecule has 8 heteroatoms. The van der Waals surface area contributed by atoms with Gasteiger partial charge in [-0.2, -0.15) is 0 Å². The van der Waals surface area contributed by atoms with Crippen molar-refractivity contribution in [3.63, 3.8) is 0 Å². The second kappa shape index (κ2) is 8.22. The van der Waals surface area contributed by atoms with Crippen molar-refractivity contribution in [2.24, 2.45) is 0 Å². The van der Waals surface area contributed by atoms with E-state index >= 15 is 0 Å². The molecule has 0 aromatic carbocycles. The molecule has 3 rings (SSSR count). The average Bonchev–Trinajstić information content (AvgIpc) is 2.94. The van der Waals surface area contributed by atoms with Gasteiger partial charge in [-0.25, -0.2) is 4.98 Å². The van der Waals surface area contributed by atoms with Crippen LogP contribution >= 0.6 is 23.1 Å². The number of pyridine rings is 1. The van der Waals surface area contributed by atoms with E-state index in [0.29, 0.717) is 23.5 Å². The molecule has 1 unspecified atom stereocenters. The molecule has 3 aromatic rings. The summed E-state index contributed by atoms with van der Waals surface area (Å²) >= 11 is 3.01. The minimum atomic E-state index is -0.232. The number of aromatic amines is 1. The number of aryl methyl sites for hydroxylation is 2. The molecule has 0 saturated carbocycles. The molecule has 0 aliphatic heterocycles. The van der Waals surface area contributed by atoms with Crippen LogP contribution in [-0.2, 0) is 17.1 Å². The van der Waals surface area contributed by atoms with Crippen molar-refractivity contribution in [2.75, 3.05) is 7.05 Å². The third-order valence-corrected chi connectivity index (χ3v) is 6.69. The third kappa shape index (κ3) is 4.39. The van der Waals surface area contributed by atoms with Crippen molar-refractivity contribution >= 4 is 39.2 Å². The Morgan fingerprint density at radius 3 is 2.74 bits per heavy atom. The Hall–Kier alpha value is -2.19. The molecule has 0 saturated heterocycles. The molecule has 0 radical (unpaired) electrons. The lowest BCUT2D eigenvalue weighted by molar-refractivity contribution is -0.129. The first-order valence-corrected chi connectivity index (χ1v) is 10.5. The first-order valence-electron chi connectivity index (χ1n) is 8.61. The number of nitrogens with zero attached hydrogens (tertiary/aromatic N) is 3. The van der Waals surface area contributed by atoms with Crippen LogP contribution in [0.5, 0.6) is 0 Å². The fraction of sp³-hybridized carbons (Fsp3) is 0.368. The number of aromatic nitrogens is 3. The quantitative estimate of drug-likeness (QED) is 0.684. The van der Waals surface area contributed by atoms with Crippen LogP contribution in [0.2, 0.25) is 0 Å². The molecule has 0 spiro atoms. The van der Waals surface area contributed by atoms with Gasteiger partial charge in [-0.05, 0) is 44.0 Å². The van der Waals surface area contributed by atoms with E-state index in [-0.39, 0.29) is 16.7 Å². The van der Waals surface area contributed by atoms with Gasteiger partial charge in [0.25, 0.3) is 5.56 Å². The van der Waals surface area contributed by atoms with Crippen LogP contribution in [0.1, 0.15) is 28.8 Å². The fourth-order valence-electron chi connectivity index (χ4n) is 2.79. The van der Waals surface area contributed by atoms with Crippen LogP contribution in [0.25, 0.3) is 10.2 Å². The Morgan fingerprint density at radius 2 is 2.04 bits per heavy atom. The summed E-state index contributed by atoms with van der Waals surface area (Å²) in [6, 6.07) is 3.80. The van der Waals surface area contributed by atoms with Gasteiger partial charge in [0.2, 0.25) is 5.91 Å². The van der Waals surface area contributed by atoms with E-state index in [9.17, 15) is 9.59 Å². The zero-order chi connectivity index (χ0) is 19.6. The van der Waals surface area contributed by atoms with Gasteiger partial charge in [-0.15, -0.1) is 23.1 Å². The minimum absolute atomic E-state index is 0.0445. The number of hydrogen-bond acceptors (Lipinski definition) is 6. The van der Waals surface area contributed by atoms with Gasteiger partial charge in [0.1, 0.15) is 10.7 Å².